The zero-order valence-electron chi connectivity index (χ0n) is 6.42. The second-order valence-electron chi connectivity index (χ2n) is 1.95. The van der Waals surface area contributed by atoms with Gasteiger partial charge in [0.2, 0.25) is 0 Å². The van der Waals surface area contributed by atoms with Gasteiger partial charge in [-0.3, -0.25) is 4.79 Å². The van der Waals surface area contributed by atoms with Gasteiger partial charge < -0.3 is 4.74 Å². The van der Waals surface area contributed by atoms with E-state index in [0.717, 1.165) is 0 Å². The minimum absolute atomic E-state index is 0.0544. The predicted octanol–water partition coefficient (Wildman–Crippen LogP) is 1.21. The van der Waals surface area contributed by atoms with Crippen molar-refractivity contribution < 1.29 is 14.3 Å². The smallest absolute Gasteiger partial charge is 0.341 e. The first-order valence-corrected chi connectivity index (χ1v) is 3.11. The van der Waals surface area contributed by atoms with Crippen molar-refractivity contribution in [3.05, 3.63) is 24.8 Å². The van der Waals surface area contributed by atoms with E-state index >= 15 is 0 Å². The second-order valence-corrected chi connectivity index (χ2v) is 1.95. The molecule has 0 amide bonds. The van der Waals surface area contributed by atoms with Crippen LogP contribution in [0.25, 0.3) is 0 Å². The van der Waals surface area contributed by atoms with Gasteiger partial charge >= 0.3 is 11.9 Å². The van der Waals surface area contributed by atoms with Crippen LogP contribution in [-0.4, -0.2) is 11.9 Å². The predicted molar refractivity (Wildman–Crippen MR) is 40.7 cm³/mol. The Balaban J connectivity index is 0.000000292. The highest BCUT2D eigenvalue weighted by Gasteiger charge is 2.24. The van der Waals surface area contributed by atoms with Crippen molar-refractivity contribution in [1.29, 1.82) is 0 Å². The number of ether oxygens (including phenoxy) is 1. The molecule has 0 atom stereocenters. The molecule has 60 valence electrons. The van der Waals surface area contributed by atoms with Crippen LogP contribution in [0.4, 0.5) is 0 Å². The van der Waals surface area contributed by atoms with Gasteiger partial charge in [0.15, 0.2) is 0 Å². The molecule has 0 bridgehead atoms. The molecule has 0 unspecified atom stereocenters. The molecule has 3 nitrogen and oxygen atoms in total. The number of cyclic esters (lactones) is 2. The SMILES string of the molecule is C=C1CC(=O)OC1=O.C=CC. The van der Waals surface area contributed by atoms with Gasteiger partial charge in [-0.2, -0.15) is 0 Å². The minimum atomic E-state index is -0.588. The number of esters is 2. The molecule has 11 heavy (non-hydrogen) atoms. The first-order chi connectivity index (χ1) is 5.11. The van der Waals surface area contributed by atoms with E-state index in [1.165, 1.54) is 0 Å². The van der Waals surface area contributed by atoms with Crippen molar-refractivity contribution in [2.75, 3.05) is 0 Å². The van der Waals surface area contributed by atoms with Crippen LogP contribution in [0.1, 0.15) is 13.3 Å². The lowest BCUT2D eigenvalue weighted by Crippen LogP contribution is -1.95. The fourth-order valence-corrected chi connectivity index (χ4v) is 0.458. The molecular formula is C8H10O3. The van der Waals surface area contributed by atoms with Crippen molar-refractivity contribution in [1.82, 2.24) is 0 Å². The zero-order valence-corrected chi connectivity index (χ0v) is 6.42. The number of hydrogen-bond donors (Lipinski definition) is 0. The Kier molecular flexibility index (Phi) is 3.88. The maximum atomic E-state index is 10.2. The third-order valence-electron chi connectivity index (χ3n) is 0.853. The van der Waals surface area contributed by atoms with Crippen molar-refractivity contribution in [3.8, 4) is 0 Å². The lowest BCUT2D eigenvalue weighted by molar-refractivity contribution is -0.151. The van der Waals surface area contributed by atoms with E-state index in [0.29, 0.717) is 0 Å². The Morgan fingerprint density at radius 2 is 2.00 bits per heavy atom. The quantitative estimate of drug-likeness (QED) is 0.228. The van der Waals surface area contributed by atoms with E-state index < -0.39 is 11.9 Å². The van der Waals surface area contributed by atoms with E-state index in [4.69, 9.17) is 0 Å². The summed E-state index contributed by atoms with van der Waals surface area (Å²) in [6.45, 7) is 8.54. The lowest BCUT2D eigenvalue weighted by atomic mass is 10.3. The Labute approximate surface area is 65.4 Å². The summed E-state index contributed by atoms with van der Waals surface area (Å²) in [6.07, 6.45) is 1.80. The molecule has 0 aromatic rings. The Morgan fingerprint density at radius 1 is 1.55 bits per heavy atom. The van der Waals surface area contributed by atoms with Crippen LogP contribution in [0.5, 0.6) is 0 Å². The number of carbonyl (C=O) groups is 2. The average Bonchev–Trinajstić information content (AvgIpc) is 2.12. The summed E-state index contributed by atoms with van der Waals surface area (Å²) in [5.41, 5.74) is 0.245. The van der Waals surface area contributed by atoms with Gasteiger partial charge in [-0.1, -0.05) is 12.7 Å². The Morgan fingerprint density at radius 3 is 2.09 bits per heavy atom. The molecule has 0 spiro atoms. The van der Waals surface area contributed by atoms with Crippen LogP contribution in [-0.2, 0) is 14.3 Å². The number of carbonyl (C=O) groups excluding carboxylic acids is 2. The molecule has 1 aliphatic rings. The topological polar surface area (TPSA) is 43.4 Å². The molecule has 1 aliphatic heterocycles. The third-order valence-corrected chi connectivity index (χ3v) is 0.853. The lowest BCUT2D eigenvalue weighted by Gasteiger charge is -1.80. The summed E-state index contributed by atoms with van der Waals surface area (Å²) < 4.78 is 4.10. The van der Waals surface area contributed by atoms with Crippen LogP contribution >= 0.6 is 0 Å². The fraction of sp³-hybridized carbons (Fsp3) is 0.250. The molecular weight excluding hydrogens is 144 g/mol. The van der Waals surface area contributed by atoms with Gasteiger partial charge in [-0.25, -0.2) is 4.79 Å². The van der Waals surface area contributed by atoms with Crippen LogP contribution in [0.2, 0.25) is 0 Å². The highest BCUT2D eigenvalue weighted by atomic mass is 16.6. The van der Waals surface area contributed by atoms with Crippen molar-refractivity contribution in [2.24, 2.45) is 0 Å². The molecule has 1 rings (SSSR count). The molecule has 0 aliphatic carbocycles. The van der Waals surface area contributed by atoms with Crippen LogP contribution in [0.3, 0.4) is 0 Å². The fourth-order valence-electron chi connectivity index (χ4n) is 0.458. The summed E-state index contributed by atoms with van der Waals surface area (Å²) in [6, 6.07) is 0. The van der Waals surface area contributed by atoms with Crippen molar-refractivity contribution in [2.45, 2.75) is 13.3 Å². The van der Waals surface area contributed by atoms with Crippen LogP contribution in [0, 0.1) is 0 Å². The van der Waals surface area contributed by atoms with Crippen molar-refractivity contribution >= 4 is 11.9 Å². The second kappa shape index (κ2) is 4.44. The normalized spacial score (nSPS) is 15.2. The summed E-state index contributed by atoms with van der Waals surface area (Å²) in [7, 11) is 0. The van der Waals surface area contributed by atoms with E-state index in [1.807, 2.05) is 6.92 Å². The van der Waals surface area contributed by atoms with E-state index in [-0.39, 0.29) is 12.0 Å². The van der Waals surface area contributed by atoms with Gasteiger partial charge in [-0.05, 0) is 6.92 Å². The maximum Gasteiger partial charge on any atom is 0.341 e. The first-order valence-electron chi connectivity index (χ1n) is 3.11. The Bertz CT molecular complexity index is 185. The van der Waals surface area contributed by atoms with Crippen molar-refractivity contribution in [3.63, 3.8) is 0 Å². The van der Waals surface area contributed by atoms with E-state index in [9.17, 15) is 9.59 Å². The standard InChI is InChI=1S/C5H4O3.C3H6/c1-3-2-4(6)8-5(3)7;1-3-2/h1-2H2;3H,1H2,2H3. The van der Waals surface area contributed by atoms with E-state index in [1.54, 1.807) is 6.08 Å². The average molecular weight is 154 g/mol. The van der Waals surface area contributed by atoms with Gasteiger partial charge in [0.05, 0.1) is 6.42 Å². The molecule has 3 heteroatoms. The van der Waals surface area contributed by atoms with E-state index in [2.05, 4.69) is 17.9 Å². The zero-order chi connectivity index (χ0) is 8.85. The summed E-state index contributed by atoms with van der Waals surface area (Å²) in [5.74, 6) is -1.09. The minimum Gasteiger partial charge on any atom is -0.389 e. The largest absolute Gasteiger partial charge is 0.389 e. The summed E-state index contributed by atoms with van der Waals surface area (Å²) in [4.78, 5) is 20.4. The molecule has 1 heterocycles. The molecule has 1 fully saturated rings. The monoisotopic (exact) mass is 154 g/mol. The highest BCUT2D eigenvalue weighted by molar-refractivity contribution is 6.05. The molecule has 0 radical (unpaired) electrons. The first kappa shape index (κ1) is 9.62. The van der Waals surface area contributed by atoms with Crippen LogP contribution in [0.15, 0.2) is 24.8 Å². The van der Waals surface area contributed by atoms with Crippen LogP contribution < -0.4 is 0 Å². The molecule has 0 saturated carbocycles. The maximum absolute atomic E-state index is 10.2. The molecule has 0 aromatic carbocycles. The van der Waals surface area contributed by atoms with Gasteiger partial charge in [0.1, 0.15) is 0 Å². The number of allylic oxidation sites excluding steroid dienone is 1. The Hall–Kier alpha value is -1.38. The summed E-state index contributed by atoms with van der Waals surface area (Å²) >= 11 is 0. The van der Waals surface area contributed by atoms with Gasteiger partial charge in [0, 0.05) is 5.57 Å². The van der Waals surface area contributed by atoms with Gasteiger partial charge in [0.25, 0.3) is 0 Å². The number of hydrogen-bond acceptors (Lipinski definition) is 3. The molecule has 1 saturated heterocycles. The van der Waals surface area contributed by atoms with Gasteiger partial charge in [-0.15, -0.1) is 6.58 Å². The number of rotatable bonds is 0. The third kappa shape index (κ3) is 3.35. The summed E-state index contributed by atoms with van der Waals surface area (Å²) in [5, 5.41) is 0. The molecule has 0 aromatic heterocycles. The molecule has 0 N–H and O–H groups in total. The highest BCUT2D eigenvalue weighted by Crippen LogP contribution is 2.10.